The minimum absolute atomic E-state index is 0.709. The smallest absolute Gasteiger partial charge is 0.150 e. The molecule has 0 spiro atoms. The molecule has 0 bridgehead atoms. The second-order valence-electron chi connectivity index (χ2n) is 8.14. The van der Waals surface area contributed by atoms with E-state index in [1.165, 1.54) is 21.5 Å². The van der Waals surface area contributed by atoms with E-state index in [1.807, 2.05) is 24.3 Å². The van der Waals surface area contributed by atoms with Crippen molar-refractivity contribution in [1.29, 1.82) is 0 Å². The van der Waals surface area contributed by atoms with Gasteiger partial charge in [-0.05, 0) is 55.1 Å². The number of rotatable bonds is 3. The summed E-state index contributed by atoms with van der Waals surface area (Å²) in [5, 5.41) is 7.02. The number of benzene rings is 6. The SMILES string of the molecule is O=Cc1ccc2ccccc2c1-c1ccc2ccccc2c1-c1ccc2ccccc2c1. The van der Waals surface area contributed by atoms with Gasteiger partial charge in [0, 0.05) is 11.1 Å². The molecule has 6 rings (SSSR count). The van der Waals surface area contributed by atoms with Crippen LogP contribution in [-0.4, -0.2) is 6.29 Å². The van der Waals surface area contributed by atoms with Crippen LogP contribution in [0.25, 0.3) is 54.6 Å². The molecule has 0 unspecified atom stereocenters. The van der Waals surface area contributed by atoms with Crippen molar-refractivity contribution >= 4 is 38.6 Å². The van der Waals surface area contributed by atoms with E-state index >= 15 is 0 Å². The van der Waals surface area contributed by atoms with Gasteiger partial charge in [-0.3, -0.25) is 4.79 Å². The summed E-state index contributed by atoms with van der Waals surface area (Å²) in [7, 11) is 0. The number of aldehydes is 1. The van der Waals surface area contributed by atoms with Crippen LogP contribution < -0.4 is 0 Å². The molecule has 0 aliphatic rings. The van der Waals surface area contributed by atoms with Crippen LogP contribution in [0.1, 0.15) is 10.4 Å². The molecule has 0 N–H and O–H groups in total. The number of hydrogen-bond acceptors (Lipinski definition) is 1. The highest BCUT2D eigenvalue weighted by molar-refractivity contribution is 6.12. The fourth-order valence-corrected chi connectivity index (χ4v) is 4.82. The topological polar surface area (TPSA) is 17.1 Å². The van der Waals surface area contributed by atoms with Gasteiger partial charge in [0.15, 0.2) is 6.29 Å². The quantitative estimate of drug-likeness (QED) is 0.269. The third-order valence-electron chi connectivity index (χ3n) is 6.32. The first-order valence-corrected chi connectivity index (χ1v) is 10.8. The van der Waals surface area contributed by atoms with E-state index in [-0.39, 0.29) is 0 Å². The van der Waals surface area contributed by atoms with Crippen molar-refractivity contribution in [3.8, 4) is 22.3 Å². The molecule has 0 saturated carbocycles. The summed E-state index contributed by atoms with van der Waals surface area (Å²) in [6.07, 6.45) is 0.973. The summed E-state index contributed by atoms with van der Waals surface area (Å²) >= 11 is 0. The number of carbonyl (C=O) groups excluding carboxylic acids is 1. The van der Waals surface area contributed by atoms with Crippen molar-refractivity contribution in [1.82, 2.24) is 0 Å². The van der Waals surface area contributed by atoms with Gasteiger partial charge in [0.1, 0.15) is 0 Å². The highest BCUT2D eigenvalue weighted by atomic mass is 16.1. The van der Waals surface area contributed by atoms with E-state index in [0.717, 1.165) is 39.3 Å². The van der Waals surface area contributed by atoms with Crippen molar-refractivity contribution in [2.24, 2.45) is 0 Å². The van der Waals surface area contributed by atoms with Crippen LogP contribution in [0.3, 0.4) is 0 Å². The summed E-state index contributed by atoms with van der Waals surface area (Å²) in [5.41, 5.74) is 5.10. The summed E-state index contributed by atoms with van der Waals surface area (Å²) in [6, 6.07) is 40.1. The molecule has 0 aliphatic heterocycles. The van der Waals surface area contributed by atoms with E-state index in [4.69, 9.17) is 0 Å². The average Bonchev–Trinajstić information content (AvgIpc) is 2.87. The maximum absolute atomic E-state index is 12.1. The van der Waals surface area contributed by atoms with Crippen LogP contribution in [-0.2, 0) is 0 Å². The van der Waals surface area contributed by atoms with Crippen LogP contribution >= 0.6 is 0 Å². The lowest BCUT2D eigenvalue weighted by molar-refractivity contribution is 0.112. The fourth-order valence-electron chi connectivity index (χ4n) is 4.82. The molecule has 0 fully saturated rings. The molecule has 0 aromatic heterocycles. The van der Waals surface area contributed by atoms with Gasteiger partial charge in [-0.2, -0.15) is 0 Å². The van der Waals surface area contributed by atoms with Gasteiger partial charge in [0.2, 0.25) is 0 Å². The highest BCUT2D eigenvalue weighted by Crippen LogP contribution is 2.42. The zero-order chi connectivity index (χ0) is 21.5. The third-order valence-corrected chi connectivity index (χ3v) is 6.32. The van der Waals surface area contributed by atoms with E-state index in [0.29, 0.717) is 5.56 Å². The standard InChI is InChI=1S/C31H20O/c32-20-26-16-14-22-8-3-6-12-28(22)31(26)29-18-17-23-9-4-5-11-27(23)30(29)25-15-13-21-7-1-2-10-24(21)19-25/h1-20H. The van der Waals surface area contributed by atoms with Gasteiger partial charge in [-0.1, -0.05) is 109 Å². The molecule has 6 aromatic carbocycles. The molecule has 150 valence electrons. The van der Waals surface area contributed by atoms with Crippen LogP contribution in [0.15, 0.2) is 115 Å². The molecule has 32 heavy (non-hydrogen) atoms. The Kier molecular flexibility index (Phi) is 4.33. The Morgan fingerprint density at radius 3 is 1.75 bits per heavy atom. The van der Waals surface area contributed by atoms with Crippen LogP contribution in [0.4, 0.5) is 0 Å². The first kappa shape index (κ1) is 18.5. The number of fused-ring (bicyclic) bond motifs is 3. The van der Waals surface area contributed by atoms with E-state index in [2.05, 4.69) is 91.0 Å². The first-order chi connectivity index (χ1) is 15.8. The largest absolute Gasteiger partial charge is 0.298 e. The molecule has 0 aliphatic carbocycles. The van der Waals surface area contributed by atoms with Crippen molar-refractivity contribution in [3.05, 3.63) is 121 Å². The normalized spacial score (nSPS) is 11.2. The molecule has 1 nitrogen and oxygen atoms in total. The maximum Gasteiger partial charge on any atom is 0.150 e. The molecular formula is C31H20O. The van der Waals surface area contributed by atoms with Gasteiger partial charge in [0.25, 0.3) is 0 Å². The Morgan fingerprint density at radius 1 is 0.469 bits per heavy atom. The molecular weight excluding hydrogens is 388 g/mol. The second kappa shape index (κ2) is 7.47. The van der Waals surface area contributed by atoms with Gasteiger partial charge in [-0.15, -0.1) is 0 Å². The van der Waals surface area contributed by atoms with Crippen LogP contribution in [0.2, 0.25) is 0 Å². The zero-order valence-corrected chi connectivity index (χ0v) is 17.5. The minimum Gasteiger partial charge on any atom is -0.298 e. The Bertz CT molecular complexity index is 1640. The lowest BCUT2D eigenvalue weighted by atomic mass is 9.85. The number of carbonyl (C=O) groups is 1. The van der Waals surface area contributed by atoms with Crippen molar-refractivity contribution < 1.29 is 4.79 Å². The summed E-state index contributed by atoms with van der Waals surface area (Å²) in [4.78, 5) is 12.1. The van der Waals surface area contributed by atoms with Gasteiger partial charge in [0.05, 0.1) is 0 Å². The Morgan fingerprint density at radius 2 is 1.03 bits per heavy atom. The Labute approximate surface area is 186 Å². The summed E-state index contributed by atoms with van der Waals surface area (Å²) < 4.78 is 0. The maximum atomic E-state index is 12.1. The zero-order valence-electron chi connectivity index (χ0n) is 17.5. The summed E-state index contributed by atoms with van der Waals surface area (Å²) in [5.74, 6) is 0. The first-order valence-electron chi connectivity index (χ1n) is 10.8. The van der Waals surface area contributed by atoms with Crippen molar-refractivity contribution in [2.45, 2.75) is 0 Å². The van der Waals surface area contributed by atoms with E-state index in [1.54, 1.807) is 0 Å². The predicted octanol–water partition coefficient (Wildman–Crippen LogP) is 8.29. The van der Waals surface area contributed by atoms with Crippen LogP contribution in [0, 0.1) is 0 Å². The van der Waals surface area contributed by atoms with Crippen LogP contribution in [0.5, 0.6) is 0 Å². The van der Waals surface area contributed by atoms with Crippen molar-refractivity contribution in [2.75, 3.05) is 0 Å². The predicted molar refractivity (Wildman–Crippen MR) is 135 cm³/mol. The molecule has 6 aromatic rings. The van der Waals surface area contributed by atoms with Gasteiger partial charge < -0.3 is 0 Å². The third kappa shape index (κ3) is 2.91. The second-order valence-corrected chi connectivity index (χ2v) is 8.14. The summed E-state index contributed by atoms with van der Waals surface area (Å²) in [6.45, 7) is 0. The average molecular weight is 409 g/mol. The molecule has 0 heterocycles. The van der Waals surface area contributed by atoms with E-state index in [9.17, 15) is 4.79 Å². The molecule has 0 radical (unpaired) electrons. The lowest BCUT2D eigenvalue weighted by Crippen LogP contribution is -1.94. The molecule has 1 heteroatoms. The van der Waals surface area contributed by atoms with Gasteiger partial charge >= 0.3 is 0 Å². The van der Waals surface area contributed by atoms with Crippen molar-refractivity contribution in [3.63, 3.8) is 0 Å². The monoisotopic (exact) mass is 408 g/mol. The van der Waals surface area contributed by atoms with E-state index < -0.39 is 0 Å². The molecule has 0 atom stereocenters. The van der Waals surface area contributed by atoms with Gasteiger partial charge in [-0.25, -0.2) is 0 Å². The Hall–Kier alpha value is -4.23. The minimum atomic E-state index is 0.709. The fraction of sp³-hybridized carbons (Fsp3) is 0. The molecule has 0 saturated heterocycles. The Balaban J connectivity index is 1.77. The highest BCUT2D eigenvalue weighted by Gasteiger charge is 2.17. The number of hydrogen-bond donors (Lipinski definition) is 0. The lowest BCUT2D eigenvalue weighted by Gasteiger charge is -2.18. The molecule has 0 amide bonds.